The van der Waals surface area contributed by atoms with E-state index in [0.717, 1.165) is 21.0 Å². The van der Waals surface area contributed by atoms with Crippen LogP contribution in [0.3, 0.4) is 0 Å². The van der Waals surface area contributed by atoms with Gasteiger partial charge in [-0.15, -0.1) is 0 Å². The molecule has 142 valence electrons. The number of H-pyrrole nitrogens is 1. The molecule has 0 radical (unpaired) electrons. The van der Waals surface area contributed by atoms with Crippen molar-refractivity contribution < 1.29 is 4.79 Å². The van der Waals surface area contributed by atoms with Crippen molar-refractivity contribution >= 4 is 33.5 Å². The predicted octanol–water partition coefficient (Wildman–Crippen LogP) is 1.68. The van der Waals surface area contributed by atoms with E-state index in [9.17, 15) is 14.4 Å². The Balaban J connectivity index is 1.54. The summed E-state index contributed by atoms with van der Waals surface area (Å²) in [7, 11) is 2.97. The maximum atomic E-state index is 12.4. The molecule has 0 unspecified atom stereocenters. The molecule has 4 rings (SSSR count). The molecule has 3 aromatic heterocycles. The number of rotatable bonds is 4. The molecule has 0 bridgehead atoms. The van der Waals surface area contributed by atoms with Gasteiger partial charge >= 0.3 is 5.69 Å². The number of para-hydroxylation sites is 1. The van der Waals surface area contributed by atoms with E-state index >= 15 is 0 Å². The summed E-state index contributed by atoms with van der Waals surface area (Å²) in [6.07, 6.45) is 4.25. The van der Waals surface area contributed by atoms with Gasteiger partial charge in [0.15, 0.2) is 0 Å². The van der Waals surface area contributed by atoms with Gasteiger partial charge in [-0.1, -0.05) is 18.2 Å². The number of nitrogens with zero attached hydrogens (tertiary/aromatic N) is 3. The van der Waals surface area contributed by atoms with Gasteiger partial charge in [0.05, 0.1) is 17.3 Å². The molecule has 8 nitrogen and oxygen atoms in total. The molecule has 0 spiro atoms. The minimum absolute atomic E-state index is 0.173. The van der Waals surface area contributed by atoms with Gasteiger partial charge in [0.1, 0.15) is 5.65 Å². The van der Waals surface area contributed by atoms with Crippen LogP contribution in [0.1, 0.15) is 12.0 Å². The summed E-state index contributed by atoms with van der Waals surface area (Å²) in [5.41, 5.74) is 1.93. The Labute approximate surface area is 159 Å². The first kappa shape index (κ1) is 17.7. The molecular formula is C20H19N5O3. The minimum Gasteiger partial charge on any atom is -0.361 e. The molecule has 2 N–H and O–H groups in total. The second kappa shape index (κ2) is 6.80. The zero-order valence-electron chi connectivity index (χ0n) is 15.5. The van der Waals surface area contributed by atoms with Crippen molar-refractivity contribution in [3.8, 4) is 0 Å². The smallest absolute Gasteiger partial charge is 0.332 e. The van der Waals surface area contributed by atoms with Gasteiger partial charge in [-0.2, -0.15) is 0 Å². The van der Waals surface area contributed by atoms with Crippen molar-refractivity contribution in [3.63, 3.8) is 0 Å². The summed E-state index contributed by atoms with van der Waals surface area (Å²) in [6, 6.07) is 9.49. The van der Waals surface area contributed by atoms with E-state index in [1.807, 2.05) is 30.5 Å². The van der Waals surface area contributed by atoms with E-state index < -0.39 is 11.2 Å². The number of aromatic amines is 1. The van der Waals surface area contributed by atoms with Crippen molar-refractivity contribution in [3.05, 3.63) is 69.1 Å². The fourth-order valence-electron chi connectivity index (χ4n) is 3.34. The molecule has 0 saturated carbocycles. The van der Waals surface area contributed by atoms with E-state index in [1.54, 1.807) is 13.1 Å². The van der Waals surface area contributed by atoms with Crippen molar-refractivity contribution in [1.29, 1.82) is 0 Å². The fourth-order valence-corrected chi connectivity index (χ4v) is 3.34. The van der Waals surface area contributed by atoms with Crippen LogP contribution >= 0.6 is 0 Å². The second-order valence-electron chi connectivity index (χ2n) is 6.71. The number of aromatic nitrogens is 4. The molecule has 1 aromatic carbocycles. The molecule has 4 aromatic rings. The summed E-state index contributed by atoms with van der Waals surface area (Å²) in [4.78, 5) is 44.0. The third-order valence-corrected chi connectivity index (χ3v) is 4.87. The maximum absolute atomic E-state index is 12.4. The van der Waals surface area contributed by atoms with Gasteiger partial charge in [0.25, 0.3) is 5.56 Å². The standard InChI is InChI=1S/C20H19N5O3/c1-24-18-15(19(27)25(2)20(24)28)9-13(11-22-18)23-17(26)8-7-12-10-21-16-6-4-3-5-14(12)16/h3-6,9-11,21H,7-8H2,1-2H3,(H,23,26). The molecule has 0 fully saturated rings. The van der Waals surface area contributed by atoms with Crippen molar-refractivity contribution in [1.82, 2.24) is 19.1 Å². The summed E-state index contributed by atoms with van der Waals surface area (Å²) >= 11 is 0. The SMILES string of the molecule is Cn1c(=O)c2cc(NC(=O)CCc3c[nH]c4ccccc34)cnc2n(C)c1=O. The Morgan fingerprint density at radius 3 is 2.75 bits per heavy atom. The van der Waals surface area contributed by atoms with E-state index in [2.05, 4.69) is 15.3 Å². The molecule has 3 heterocycles. The zero-order valence-corrected chi connectivity index (χ0v) is 15.5. The van der Waals surface area contributed by atoms with Gasteiger partial charge in [-0.05, 0) is 24.1 Å². The molecular weight excluding hydrogens is 358 g/mol. The molecule has 0 aliphatic rings. The highest BCUT2D eigenvalue weighted by atomic mass is 16.2. The summed E-state index contributed by atoms with van der Waals surface area (Å²) < 4.78 is 2.33. The Hall–Kier alpha value is -3.68. The Morgan fingerprint density at radius 1 is 1.14 bits per heavy atom. The zero-order chi connectivity index (χ0) is 19.8. The summed E-state index contributed by atoms with van der Waals surface area (Å²) in [5.74, 6) is -0.173. The number of pyridine rings is 1. The predicted molar refractivity (Wildman–Crippen MR) is 107 cm³/mol. The maximum Gasteiger partial charge on any atom is 0.332 e. The molecule has 0 aliphatic carbocycles. The third kappa shape index (κ3) is 2.98. The van der Waals surface area contributed by atoms with E-state index in [4.69, 9.17) is 0 Å². The van der Waals surface area contributed by atoms with Crippen LogP contribution in [0.25, 0.3) is 21.9 Å². The lowest BCUT2D eigenvalue weighted by Crippen LogP contribution is -2.37. The van der Waals surface area contributed by atoms with Crippen molar-refractivity contribution in [2.75, 3.05) is 5.32 Å². The highest BCUT2D eigenvalue weighted by Crippen LogP contribution is 2.19. The number of fused-ring (bicyclic) bond motifs is 2. The monoisotopic (exact) mass is 377 g/mol. The number of anilines is 1. The van der Waals surface area contributed by atoms with Crippen molar-refractivity contribution in [2.45, 2.75) is 12.8 Å². The first-order chi connectivity index (χ1) is 13.5. The van der Waals surface area contributed by atoms with Crippen molar-refractivity contribution in [2.24, 2.45) is 14.1 Å². The summed E-state index contributed by atoms with van der Waals surface area (Å²) in [5, 5.41) is 4.16. The van der Waals surface area contributed by atoms with Gasteiger partial charge in [-0.25, -0.2) is 9.78 Å². The first-order valence-electron chi connectivity index (χ1n) is 8.86. The van der Waals surface area contributed by atoms with Crippen LogP contribution in [0.2, 0.25) is 0 Å². The first-order valence-corrected chi connectivity index (χ1v) is 8.86. The lowest BCUT2D eigenvalue weighted by atomic mass is 10.1. The third-order valence-electron chi connectivity index (χ3n) is 4.87. The number of amides is 1. The fraction of sp³-hybridized carbons (Fsp3) is 0.200. The number of benzene rings is 1. The highest BCUT2D eigenvalue weighted by Gasteiger charge is 2.12. The Morgan fingerprint density at radius 2 is 1.93 bits per heavy atom. The lowest BCUT2D eigenvalue weighted by molar-refractivity contribution is -0.116. The van der Waals surface area contributed by atoms with Crippen LogP contribution in [-0.4, -0.2) is 25.0 Å². The largest absolute Gasteiger partial charge is 0.361 e. The number of hydrogen-bond acceptors (Lipinski definition) is 4. The summed E-state index contributed by atoms with van der Waals surface area (Å²) in [6.45, 7) is 0. The number of carbonyl (C=O) groups is 1. The van der Waals surface area contributed by atoms with Gasteiger partial charge in [0, 0.05) is 37.6 Å². The van der Waals surface area contributed by atoms with Crippen LogP contribution in [0.4, 0.5) is 5.69 Å². The van der Waals surface area contributed by atoms with Crippen LogP contribution < -0.4 is 16.6 Å². The van der Waals surface area contributed by atoms with Crippen LogP contribution in [0, 0.1) is 0 Å². The molecule has 0 saturated heterocycles. The van der Waals surface area contributed by atoms with Gasteiger partial charge in [0.2, 0.25) is 5.91 Å². The second-order valence-corrected chi connectivity index (χ2v) is 6.71. The Bertz CT molecular complexity index is 1330. The quantitative estimate of drug-likeness (QED) is 0.565. The van der Waals surface area contributed by atoms with E-state index in [0.29, 0.717) is 18.5 Å². The van der Waals surface area contributed by atoms with Crippen LogP contribution in [0.15, 0.2) is 52.3 Å². The topological polar surface area (TPSA) is 102 Å². The van der Waals surface area contributed by atoms with Gasteiger partial charge in [-0.3, -0.25) is 18.7 Å². The number of hydrogen-bond donors (Lipinski definition) is 2. The van der Waals surface area contributed by atoms with E-state index in [-0.39, 0.29) is 16.9 Å². The average molecular weight is 377 g/mol. The molecule has 8 heteroatoms. The Kier molecular flexibility index (Phi) is 4.31. The van der Waals surface area contributed by atoms with Crippen LogP contribution in [0.5, 0.6) is 0 Å². The molecule has 28 heavy (non-hydrogen) atoms. The minimum atomic E-state index is -0.444. The van der Waals surface area contributed by atoms with E-state index in [1.165, 1.54) is 17.8 Å². The number of aryl methyl sites for hydroxylation is 2. The number of carbonyl (C=O) groups excluding carboxylic acids is 1. The van der Waals surface area contributed by atoms with Crippen LogP contribution in [-0.2, 0) is 25.3 Å². The average Bonchev–Trinajstić information content (AvgIpc) is 3.12. The van der Waals surface area contributed by atoms with Gasteiger partial charge < -0.3 is 10.3 Å². The molecule has 0 atom stereocenters. The molecule has 0 aliphatic heterocycles. The number of nitrogens with one attached hydrogen (secondary N) is 2. The highest BCUT2D eigenvalue weighted by molar-refractivity contribution is 5.93. The molecule has 1 amide bonds. The normalized spacial score (nSPS) is 11.2. The lowest BCUT2D eigenvalue weighted by Gasteiger charge is -2.09.